The van der Waals surface area contributed by atoms with Crippen molar-refractivity contribution in [2.45, 2.75) is 51.2 Å². The van der Waals surface area contributed by atoms with Gasteiger partial charge in [0, 0.05) is 17.6 Å². The summed E-state index contributed by atoms with van der Waals surface area (Å²) in [5.74, 6) is -0.134. The zero-order valence-electron chi connectivity index (χ0n) is 11.3. The Kier molecular flexibility index (Phi) is 4.36. The van der Waals surface area contributed by atoms with Gasteiger partial charge in [-0.1, -0.05) is 25.1 Å². The summed E-state index contributed by atoms with van der Waals surface area (Å²) in [4.78, 5) is 2.37. The Hall–Kier alpha value is -0.930. The van der Waals surface area contributed by atoms with Crippen LogP contribution in [0.1, 0.15) is 44.7 Å². The lowest BCUT2D eigenvalue weighted by molar-refractivity contribution is 0.159. The van der Waals surface area contributed by atoms with E-state index in [1.807, 2.05) is 12.1 Å². The monoisotopic (exact) mass is 250 g/mol. The molecule has 0 aliphatic carbocycles. The Balaban J connectivity index is 2.33. The summed E-state index contributed by atoms with van der Waals surface area (Å²) in [6.45, 7) is 5.30. The first-order valence-electron chi connectivity index (χ1n) is 6.91. The fourth-order valence-corrected chi connectivity index (χ4v) is 2.96. The topological polar surface area (TPSA) is 29.3 Å². The van der Waals surface area contributed by atoms with E-state index in [2.05, 4.69) is 18.7 Å². The Morgan fingerprint density at radius 2 is 2.17 bits per heavy atom. The van der Waals surface area contributed by atoms with E-state index in [0.29, 0.717) is 6.04 Å². The summed E-state index contributed by atoms with van der Waals surface area (Å²) in [6, 6.07) is 7.53. The van der Waals surface area contributed by atoms with Gasteiger partial charge in [0.05, 0.1) is 6.04 Å². The minimum atomic E-state index is -0.134. The predicted molar refractivity (Wildman–Crippen MR) is 72.8 cm³/mol. The molecule has 0 aromatic heterocycles. The van der Waals surface area contributed by atoms with Gasteiger partial charge in [-0.2, -0.15) is 0 Å². The third-order valence-electron chi connectivity index (χ3n) is 4.06. The quantitative estimate of drug-likeness (QED) is 0.889. The largest absolute Gasteiger partial charge is 0.326 e. The van der Waals surface area contributed by atoms with Gasteiger partial charge in [-0.15, -0.1) is 0 Å². The highest BCUT2D eigenvalue weighted by molar-refractivity contribution is 5.23. The van der Waals surface area contributed by atoms with E-state index >= 15 is 0 Å². The standard InChI is InChI=1S/C15H23FN2/c1-3-14(17)15(18-10-6-7-11(18)2)12-8-4-5-9-13(12)16/h4-5,8-9,11,14-15H,3,6-7,10,17H2,1-2H3. The van der Waals surface area contributed by atoms with E-state index in [4.69, 9.17) is 5.73 Å². The summed E-state index contributed by atoms with van der Waals surface area (Å²) < 4.78 is 14.0. The maximum Gasteiger partial charge on any atom is 0.128 e. The second-order valence-corrected chi connectivity index (χ2v) is 5.27. The average molecular weight is 250 g/mol. The number of hydrogen-bond acceptors (Lipinski definition) is 2. The van der Waals surface area contributed by atoms with Crippen LogP contribution in [0, 0.1) is 5.82 Å². The maximum absolute atomic E-state index is 14.0. The van der Waals surface area contributed by atoms with Crippen LogP contribution in [0.3, 0.4) is 0 Å². The lowest BCUT2D eigenvalue weighted by atomic mass is 9.95. The molecule has 18 heavy (non-hydrogen) atoms. The molecule has 2 rings (SSSR count). The van der Waals surface area contributed by atoms with Gasteiger partial charge < -0.3 is 5.73 Å². The van der Waals surface area contributed by atoms with Crippen molar-refractivity contribution in [3.05, 3.63) is 35.6 Å². The number of rotatable bonds is 4. The molecule has 0 radical (unpaired) electrons. The lowest BCUT2D eigenvalue weighted by Gasteiger charge is -2.35. The molecule has 1 aliphatic heterocycles. The van der Waals surface area contributed by atoms with Gasteiger partial charge in [0.1, 0.15) is 5.82 Å². The van der Waals surface area contributed by atoms with Gasteiger partial charge in [-0.3, -0.25) is 4.90 Å². The highest BCUT2D eigenvalue weighted by Crippen LogP contribution is 2.33. The molecule has 1 aliphatic rings. The molecular formula is C15H23FN2. The van der Waals surface area contributed by atoms with E-state index in [0.717, 1.165) is 18.5 Å². The fourth-order valence-electron chi connectivity index (χ4n) is 2.96. The van der Waals surface area contributed by atoms with Gasteiger partial charge >= 0.3 is 0 Å². The van der Waals surface area contributed by atoms with Gasteiger partial charge in [0.15, 0.2) is 0 Å². The molecule has 3 unspecified atom stereocenters. The van der Waals surface area contributed by atoms with Crippen LogP contribution in [-0.2, 0) is 0 Å². The second kappa shape index (κ2) is 5.81. The summed E-state index contributed by atoms with van der Waals surface area (Å²) in [6.07, 6.45) is 3.23. The molecule has 2 N–H and O–H groups in total. The molecule has 3 atom stereocenters. The predicted octanol–water partition coefficient (Wildman–Crippen LogP) is 3.09. The van der Waals surface area contributed by atoms with E-state index in [1.54, 1.807) is 6.07 Å². The van der Waals surface area contributed by atoms with Crippen molar-refractivity contribution in [3.63, 3.8) is 0 Å². The molecular weight excluding hydrogens is 227 g/mol. The highest BCUT2D eigenvalue weighted by Gasteiger charge is 2.33. The van der Waals surface area contributed by atoms with Crippen LogP contribution in [0.15, 0.2) is 24.3 Å². The number of nitrogens with zero attached hydrogens (tertiary/aromatic N) is 1. The number of likely N-dealkylation sites (tertiary alicyclic amines) is 1. The number of benzene rings is 1. The minimum absolute atomic E-state index is 0.00806. The Labute approximate surface area is 109 Å². The molecule has 2 nitrogen and oxygen atoms in total. The van der Waals surface area contributed by atoms with Crippen molar-refractivity contribution in [3.8, 4) is 0 Å². The molecule has 3 heteroatoms. The van der Waals surface area contributed by atoms with Gasteiger partial charge in [-0.25, -0.2) is 4.39 Å². The first-order chi connectivity index (χ1) is 8.65. The summed E-state index contributed by atoms with van der Waals surface area (Å²) in [5, 5.41) is 0. The number of halogens is 1. The van der Waals surface area contributed by atoms with E-state index in [9.17, 15) is 4.39 Å². The normalized spacial score (nSPS) is 24.1. The van der Waals surface area contributed by atoms with Gasteiger partial charge in [0.25, 0.3) is 0 Å². The van der Waals surface area contributed by atoms with Crippen LogP contribution in [0.5, 0.6) is 0 Å². The molecule has 1 heterocycles. The van der Waals surface area contributed by atoms with Crippen LogP contribution in [0.25, 0.3) is 0 Å². The zero-order valence-corrected chi connectivity index (χ0v) is 11.3. The zero-order chi connectivity index (χ0) is 13.1. The summed E-state index contributed by atoms with van der Waals surface area (Å²) in [5.41, 5.74) is 7.00. The average Bonchev–Trinajstić information content (AvgIpc) is 2.78. The molecule has 0 amide bonds. The second-order valence-electron chi connectivity index (χ2n) is 5.27. The van der Waals surface area contributed by atoms with Crippen LogP contribution in [0.4, 0.5) is 4.39 Å². The third kappa shape index (κ3) is 2.57. The number of hydrogen-bond donors (Lipinski definition) is 1. The summed E-state index contributed by atoms with van der Waals surface area (Å²) in [7, 11) is 0. The molecule has 100 valence electrons. The first-order valence-corrected chi connectivity index (χ1v) is 6.91. The smallest absolute Gasteiger partial charge is 0.128 e. The van der Waals surface area contributed by atoms with Crippen LogP contribution >= 0.6 is 0 Å². The Morgan fingerprint density at radius 3 is 2.72 bits per heavy atom. The van der Waals surface area contributed by atoms with E-state index < -0.39 is 0 Å². The van der Waals surface area contributed by atoms with E-state index in [1.165, 1.54) is 18.9 Å². The fraction of sp³-hybridized carbons (Fsp3) is 0.600. The van der Waals surface area contributed by atoms with Crippen LogP contribution in [-0.4, -0.2) is 23.5 Å². The first kappa shape index (κ1) is 13.5. The Morgan fingerprint density at radius 1 is 1.44 bits per heavy atom. The highest BCUT2D eigenvalue weighted by atomic mass is 19.1. The molecule has 1 saturated heterocycles. The molecule has 1 fully saturated rings. The molecule has 1 aromatic carbocycles. The van der Waals surface area contributed by atoms with E-state index in [-0.39, 0.29) is 17.9 Å². The Bertz CT molecular complexity index is 394. The van der Waals surface area contributed by atoms with Crippen molar-refractivity contribution in [2.24, 2.45) is 5.73 Å². The van der Waals surface area contributed by atoms with Gasteiger partial charge in [-0.05, 0) is 38.8 Å². The van der Waals surface area contributed by atoms with Crippen LogP contribution in [0.2, 0.25) is 0 Å². The van der Waals surface area contributed by atoms with Crippen molar-refractivity contribution < 1.29 is 4.39 Å². The van der Waals surface area contributed by atoms with Crippen molar-refractivity contribution in [2.75, 3.05) is 6.54 Å². The van der Waals surface area contributed by atoms with Crippen molar-refractivity contribution >= 4 is 0 Å². The SMILES string of the molecule is CCC(N)C(c1ccccc1F)N1CCCC1C. The summed E-state index contributed by atoms with van der Waals surface area (Å²) >= 11 is 0. The van der Waals surface area contributed by atoms with Crippen molar-refractivity contribution in [1.29, 1.82) is 0 Å². The van der Waals surface area contributed by atoms with Crippen LogP contribution < -0.4 is 5.73 Å². The third-order valence-corrected chi connectivity index (χ3v) is 4.06. The molecule has 0 spiro atoms. The molecule has 1 aromatic rings. The number of nitrogens with two attached hydrogens (primary N) is 1. The van der Waals surface area contributed by atoms with Crippen molar-refractivity contribution in [1.82, 2.24) is 4.90 Å². The maximum atomic E-state index is 14.0. The molecule has 0 saturated carbocycles. The minimum Gasteiger partial charge on any atom is -0.326 e. The molecule has 0 bridgehead atoms. The lowest BCUT2D eigenvalue weighted by Crippen LogP contribution is -2.42. The van der Waals surface area contributed by atoms with Gasteiger partial charge in [0.2, 0.25) is 0 Å².